The van der Waals surface area contributed by atoms with E-state index in [0.29, 0.717) is 16.2 Å². The van der Waals surface area contributed by atoms with E-state index in [0.717, 1.165) is 12.1 Å². The number of rotatable bonds is 5. The summed E-state index contributed by atoms with van der Waals surface area (Å²) in [6, 6.07) is 8.94. The standard InChI is InChI=1S/C15H11F3OS/c16-11-3-1-10(2-4-11)15(19)7-8-20-12-5-6-13(17)14(18)9-12/h1-6,9H,7-8H2. The van der Waals surface area contributed by atoms with Crippen molar-refractivity contribution in [3.05, 3.63) is 65.5 Å². The lowest BCUT2D eigenvalue weighted by Gasteiger charge is -2.03. The highest BCUT2D eigenvalue weighted by atomic mass is 32.2. The normalized spacial score (nSPS) is 10.6. The predicted molar refractivity (Wildman–Crippen MR) is 72.4 cm³/mol. The third kappa shape index (κ3) is 3.87. The molecule has 20 heavy (non-hydrogen) atoms. The molecule has 0 unspecified atom stereocenters. The van der Waals surface area contributed by atoms with Gasteiger partial charge in [-0.1, -0.05) is 0 Å². The molecule has 2 aromatic carbocycles. The minimum absolute atomic E-state index is 0.111. The molecular formula is C15H11F3OS. The first kappa shape index (κ1) is 14.7. The van der Waals surface area contributed by atoms with Crippen LogP contribution in [0, 0.1) is 17.5 Å². The van der Waals surface area contributed by atoms with Crippen molar-refractivity contribution in [2.75, 3.05) is 5.75 Å². The van der Waals surface area contributed by atoms with Crippen LogP contribution < -0.4 is 0 Å². The zero-order valence-corrected chi connectivity index (χ0v) is 11.2. The largest absolute Gasteiger partial charge is 0.294 e. The summed E-state index contributed by atoms with van der Waals surface area (Å²) in [6.07, 6.45) is 0.245. The molecule has 0 amide bonds. The maximum atomic E-state index is 13.0. The lowest BCUT2D eigenvalue weighted by atomic mass is 10.1. The fraction of sp³-hybridized carbons (Fsp3) is 0.133. The first-order valence-corrected chi connectivity index (χ1v) is 6.91. The summed E-state index contributed by atoms with van der Waals surface area (Å²) in [4.78, 5) is 12.4. The lowest BCUT2D eigenvalue weighted by molar-refractivity contribution is 0.0989. The zero-order valence-electron chi connectivity index (χ0n) is 10.4. The Morgan fingerprint density at radius 1 is 0.950 bits per heavy atom. The van der Waals surface area contributed by atoms with E-state index in [2.05, 4.69) is 0 Å². The molecule has 0 aromatic heterocycles. The van der Waals surface area contributed by atoms with E-state index >= 15 is 0 Å². The number of Topliss-reactive ketones (excluding diaryl/α,β-unsaturated/α-hetero) is 1. The molecule has 5 heteroatoms. The summed E-state index contributed by atoms with van der Waals surface area (Å²) < 4.78 is 38.4. The van der Waals surface area contributed by atoms with Gasteiger partial charge in [-0.15, -0.1) is 11.8 Å². The van der Waals surface area contributed by atoms with E-state index in [1.54, 1.807) is 0 Å². The van der Waals surface area contributed by atoms with Gasteiger partial charge in [-0.05, 0) is 42.5 Å². The van der Waals surface area contributed by atoms with E-state index in [4.69, 9.17) is 0 Å². The molecule has 2 rings (SSSR count). The molecular weight excluding hydrogens is 285 g/mol. The lowest BCUT2D eigenvalue weighted by Crippen LogP contribution is -2.00. The van der Waals surface area contributed by atoms with Crippen molar-refractivity contribution in [1.29, 1.82) is 0 Å². The Labute approximate surface area is 118 Å². The number of benzene rings is 2. The highest BCUT2D eigenvalue weighted by molar-refractivity contribution is 7.99. The summed E-state index contributed by atoms with van der Waals surface area (Å²) in [5, 5.41) is 0. The summed E-state index contributed by atoms with van der Waals surface area (Å²) >= 11 is 1.27. The molecule has 2 aromatic rings. The summed E-state index contributed by atoms with van der Waals surface area (Å²) in [5.74, 6) is -1.85. The van der Waals surface area contributed by atoms with Crippen LogP contribution in [0.1, 0.15) is 16.8 Å². The Balaban J connectivity index is 1.87. The van der Waals surface area contributed by atoms with Gasteiger partial charge in [0.1, 0.15) is 5.82 Å². The van der Waals surface area contributed by atoms with Gasteiger partial charge in [0.25, 0.3) is 0 Å². The Morgan fingerprint density at radius 2 is 1.65 bits per heavy atom. The van der Waals surface area contributed by atoms with Crippen molar-refractivity contribution in [3.63, 3.8) is 0 Å². The van der Waals surface area contributed by atoms with Crippen molar-refractivity contribution in [2.45, 2.75) is 11.3 Å². The van der Waals surface area contributed by atoms with Crippen LogP contribution >= 0.6 is 11.8 Å². The van der Waals surface area contributed by atoms with Gasteiger partial charge in [0.15, 0.2) is 17.4 Å². The molecule has 0 saturated carbocycles. The van der Waals surface area contributed by atoms with Crippen molar-refractivity contribution in [3.8, 4) is 0 Å². The fourth-order valence-corrected chi connectivity index (χ4v) is 2.48. The zero-order chi connectivity index (χ0) is 14.5. The number of halogens is 3. The Bertz CT molecular complexity index is 611. The summed E-state index contributed by atoms with van der Waals surface area (Å²) in [5.41, 5.74) is 0.442. The highest BCUT2D eigenvalue weighted by Crippen LogP contribution is 2.21. The molecule has 0 atom stereocenters. The number of hydrogen-bond acceptors (Lipinski definition) is 2. The molecule has 0 N–H and O–H groups in total. The van der Waals surface area contributed by atoms with Crippen LogP contribution in [0.5, 0.6) is 0 Å². The van der Waals surface area contributed by atoms with E-state index in [1.165, 1.54) is 42.1 Å². The van der Waals surface area contributed by atoms with Crippen molar-refractivity contribution < 1.29 is 18.0 Å². The minimum Gasteiger partial charge on any atom is -0.294 e. The van der Waals surface area contributed by atoms with Gasteiger partial charge in [-0.2, -0.15) is 0 Å². The first-order chi connectivity index (χ1) is 9.56. The van der Waals surface area contributed by atoms with Crippen LogP contribution in [0.15, 0.2) is 47.4 Å². The van der Waals surface area contributed by atoms with Gasteiger partial charge < -0.3 is 0 Å². The number of carbonyl (C=O) groups is 1. The SMILES string of the molecule is O=C(CCSc1ccc(F)c(F)c1)c1ccc(F)cc1. The molecule has 0 heterocycles. The predicted octanol–water partition coefficient (Wildman–Crippen LogP) is 4.47. The van der Waals surface area contributed by atoms with Gasteiger partial charge in [0.05, 0.1) is 0 Å². The van der Waals surface area contributed by atoms with E-state index < -0.39 is 17.5 Å². The van der Waals surface area contributed by atoms with Crippen LogP contribution in [0.3, 0.4) is 0 Å². The van der Waals surface area contributed by atoms with Crippen LogP contribution in [0.2, 0.25) is 0 Å². The van der Waals surface area contributed by atoms with Gasteiger partial charge in [-0.25, -0.2) is 13.2 Å². The second kappa shape index (κ2) is 6.61. The minimum atomic E-state index is -0.903. The monoisotopic (exact) mass is 296 g/mol. The third-order valence-corrected chi connectivity index (χ3v) is 3.65. The molecule has 0 saturated heterocycles. The Hall–Kier alpha value is -1.75. The van der Waals surface area contributed by atoms with E-state index in [9.17, 15) is 18.0 Å². The van der Waals surface area contributed by atoms with Gasteiger partial charge in [0, 0.05) is 22.6 Å². The molecule has 0 spiro atoms. The highest BCUT2D eigenvalue weighted by Gasteiger charge is 2.07. The maximum absolute atomic E-state index is 13.0. The van der Waals surface area contributed by atoms with E-state index in [1.807, 2.05) is 0 Å². The number of ketones is 1. The fourth-order valence-electron chi connectivity index (χ4n) is 1.61. The third-order valence-electron chi connectivity index (χ3n) is 2.66. The summed E-state index contributed by atoms with van der Waals surface area (Å²) in [7, 11) is 0. The smallest absolute Gasteiger partial charge is 0.163 e. The van der Waals surface area contributed by atoms with Crippen molar-refractivity contribution >= 4 is 17.5 Å². The average Bonchev–Trinajstić information content (AvgIpc) is 2.43. The molecule has 0 radical (unpaired) electrons. The second-order valence-electron chi connectivity index (χ2n) is 4.10. The molecule has 0 aliphatic heterocycles. The van der Waals surface area contributed by atoms with Crippen LogP contribution in [0.4, 0.5) is 13.2 Å². The molecule has 0 aliphatic rings. The van der Waals surface area contributed by atoms with Gasteiger partial charge >= 0.3 is 0 Å². The van der Waals surface area contributed by atoms with Crippen LogP contribution in [-0.4, -0.2) is 11.5 Å². The molecule has 0 fully saturated rings. The van der Waals surface area contributed by atoms with E-state index in [-0.39, 0.29) is 12.2 Å². The molecule has 0 bridgehead atoms. The maximum Gasteiger partial charge on any atom is 0.163 e. The second-order valence-corrected chi connectivity index (χ2v) is 5.27. The van der Waals surface area contributed by atoms with Gasteiger partial charge in [0.2, 0.25) is 0 Å². The average molecular weight is 296 g/mol. The van der Waals surface area contributed by atoms with Gasteiger partial charge in [-0.3, -0.25) is 4.79 Å². The van der Waals surface area contributed by atoms with Crippen molar-refractivity contribution in [2.24, 2.45) is 0 Å². The number of hydrogen-bond donors (Lipinski definition) is 0. The quantitative estimate of drug-likeness (QED) is 0.598. The Morgan fingerprint density at radius 3 is 2.30 bits per heavy atom. The Kier molecular flexibility index (Phi) is 4.84. The number of carbonyl (C=O) groups excluding carboxylic acids is 1. The van der Waals surface area contributed by atoms with Crippen LogP contribution in [-0.2, 0) is 0 Å². The van der Waals surface area contributed by atoms with Crippen LogP contribution in [0.25, 0.3) is 0 Å². The number of thioether (sulfide) groups is 1. The summed E-state index contributed by atoms with van der Waals surface area (Å²) in [6.45, 7) is 0. The molecule has 104 valence electrons. The molecule has 1 nitrogen and oxygen atoms in total. The van der Waals surface area contributed by atoms with Crippen molar-refractivity contribution in [1.82, 2.24) is 0 Å². The first-order valence-electron chi connectivity index (χ1n) is 5.93. The molecule has 0 aliphatic carbocycles. The topological polar surface area (TPSA) is 17.1 Å².